The van der Waals surface area contributed by atoms with Gasteiger partial charge in [0.2, 0.25) is 0 Å². The zero-order chi connectivity index (χ0) is 21.5. The van der Waals surface area contributed by atoms with Crippen molar-refractivity contribution in [3.63, 3.8) is 0 Å². The number of methoxy groups -OCH3 is 1. The SMILES string of the molecule is COc1cc2nccc(Nc3n[nH]c(C)c3C)c2cc1S(=O)(=O)[C@@H]1CCOC[C@H]1C. The van der Waals surface area contributed by atoms with Crippen molar-refractivity contribution >= 4 is 32.2 Å². The standard InChI is InChI=1S/C21H26N4O4S/c1-12-11-29-8-6-19(12)30(26,27)20-9-15-16(23-21-13(2)14(3)24-25-21)5-7-22-17(15)10-18(20)28-4/h5,7,9-10,12,19H,6,8,11H2,1-4H3,(H2,22,23,24,25)/t12-,19-/m1/s1. The molecule has 1 aliphatic heterocycles. The van der Waals surface area contributed by atoms with Gasteiger partial charge in [-0.3, -0.25) is 10.1 Å². The normalized spacial score (nSPS) is 19.7. The van der Waals surface area contributed by atoms with Crippen LogP contribution in [0, 0.1) is 19.8 Å². The summed E-state index contributed by atoms with van der Waals surface area (Å²) in [7, 11) is -2.14. The van der Waals surface area contributed by atoms with Crippen LogP contribution in [0.2, 0.25) is 0 Å². The number of aryl methyl sites for hydroxylation is 1. The molecule has 1 aliphatic rings. The van der Waals surface area contributed by atoms with Gasteiger partial charge in [-0.1, -0.05) is 6.92 Å². The fourth-order valence-electron chi connectivity index (χ4n) is 3.86. The summed E-state index contributed by atoms with van der Waals surface area (Å²) < 4.78 is 38.0. The van der Waals surface area contributed by atoms with Crippen LogP contribution >= 0.6 is 0 Å². The molecule has 8 nitrogen and oxygen atoms in total. The highest BCUT2D eigenvalue weighted by molar-refractivity contribution is 7.92. The van der Waals surface area contributed by atoms with Gasteiger partial charge in [0.25, 0.3) is 0 Å². The first-order chi connectivity index (χ1) is 14.3. The number of benzene rings is 1. The maximum absolute atomic E-state index is 13.6. The van der Waals surface area contributed by atoms with E-state index in [1.165, 1.54) is 7.11 Å². The highest BCUT2D eigenvalue weighted by atomic mass is 32.2. The molecule has 3 aromatic rings. The first kappa shape index (κ1) is 20.6. The van der Waals surface area contributed by atoms with E-state index in [1.807, 2.05) is 26.8 Å². The van der Waals surface area contributed by atoms with E-state index in [9.17, 15) is 8.42 Å². The van der Waals surface area contributed by atoms with E-state index in [-0.39, 0.29) is 10.8 Å². The highest BCUT2D eigenvalue weighted by Gasteiger charge is 2.36. The monoisotopic (exact) mass is 430 g/mol. The van der Waals surface area contributed by atoms with Crippen molar-refractivity contribution in [2.24, 2.45) is 5.92 Å². The molecular weight excluding hydrogens is 404 g/mol. The molecule has 0 saturated carbocycles. The molecule has 0 amide bonds. The average molecular weight is 431 g/mol. The topological polar surface area (TPSA) is 106 Å². The molecule has 1 fully saturated rings. The van der Waals surface area contributed by atoms with Crippen LogP contribution in [0.3, 0.4) is 0 Å². The van der Waals surface area contributed by atoms with E-state index >= 15 is 0 Å². The lowest BCUT2D eigenvalue weighted by atomic mass is 10.0. The first-order valence-electron chi connectivity index (χ1n) is 9.90. The molecule has 0 bridgehead atoms. The molecule has 0 unspecified atom stereocenters. The number of sulfone groups is 1. The Bertz CT molecular complexity index is 1190. The fraction of sp³-hybridized carbons (Fsp3) is 0.429. The number of fused-ring (bicyclic) bond motifs is 1. The number of nitrogens with zero attached hydrogens (tertiary/aromatic N) is 2. The van der Waals surface area contributed by atoms with Crippen molar-refractivity contribution in [1.29, 1.82) is 0 Å². The fourth-order valence-corrected chi connectivity index (χ4v) is 5.99. The van der Waals surface area contributed by atoms with Gasteiger partial charge in [-0.2, -0.15) is 5.10 Å². The minimum Gasteiger partial charge on any atom is -0.495 e. The maximum Gasteiger partial charge on any atom is 0.185 e. The smallest absolute Gasteiger partial charge is 0.185 e. The molecule has 3 heterocycles. The largest absolute Gasteiger partial charge is 0.495 e. The van der Waals surface area contributed by atoms with Crippen LogP contribution in [0.15, 0.2) is 29.3 Å². The number of rotatable bonds is 5. The van der Waals surface area contributed by atoms with Gasteiger partial charge in [-0.05, 0) is 38.3 Å². The lowest BCUT2D eigenvalue weighted by molar-refractivity contribution is 0.0637. The van der Waals surface area contributed by atoms with E-state index in [1.54, 1.807) is 18.3 Å². The number of anilines is 2. The zero-order valence-electron chi connectivity index (χ0n) is 17.5. The van der Waals surface area contributed by atoms with E-state index in [2.05, 4.69) is 20.5 Å². The van der Waals surface area contributed by atoms with Crippen molar-refractivity contribution in [2.75, 3.05) is 25.6 Å². The molecule has 4 rings (SSSR count). The molecule has 2 atom stereocenters. The Morgan fingerprint density at radius 1 is 1.30 bits per heavy atom. The Balaban J connectivity index is 1.85. The van der Waals surface area contributed by atoms with Crippen LogP contribution in [-0.2, 0) is 14.6 Å². The van der Waals surface area contributed by atoms with Crippen LogP contribution in [0.25, 0.3) is 10.9 Å². The van der Waals surface area contributed by atoms with Gasteiger partial charge in [0.15, 0.2) is 15.7 Å². The van der Waals surface area contributed by atoms with Gasteiger partial charge < -0.3 is 14.8 Å². The molecular formula is C21H26N4O4S. The second-order valence-electron chi connectivity index (χ2n) is 7.75. The minimum atomic E-state index is -3.62. The molecule has 2 aromatic heterocycles. The molecule has 2 N–H and O–H groups in total. The summed E-state index contributed by atoms with van der Waals surface area (Å²) in [5.74, 6) is 0.904. The predicted octanol–water partition coefficient (Wildman–Crippen LogP) is 3.53. The van der Waals surface area contributed by atoms with E-state index in [4.69, 9.17) is 9.47 Å². The van der Waals surface area contributed by atoms with Crippen molar-refractivity contribution in [3.05, 3.63) is 35.7 Å². The number of hydrogen-bond donors (Lipinski definition) is 2. The van der Waals surface area contributed by atoms with Gasteiger partial charge in [0.1, 0.15) is 10.6 Å². The summed E-state index contributed by atoms with van der Waals surface area (Å²) in [4.78, 5) is 4.59. The third-order valence-electron chi connectivity index (χ3n) is 5.80. The minimum absolute atomic E-state index is 0.0923. The van der Waals surface area contributed by atoms with E-state index in [0.717, 1.165) is 16.9 Å². The molecule has 1 saturated heterocycles. The third kappa shape index (κ3) is 3.52. The number of hydrogen-bond acceptors (Lipinski definition) is 7. The average Bonchev–Trinajstić information content (AvgIpc) is 3.05. The van der Waals surface area contributed by atoms with Gasteiger partial charge in [0.05, 0.1) is 30.2 Å². The second-order valence-corrected chi connectivity index (χ2v) is 9.89. The molecule has 160 valence electrons. The van der Waals surface area contributed by atoms with Crippen molar-refractivity contribution in [3.8, 4) is 5.75 Å². The van der Waals surface area contributed by atoms with Crippen LogP contribution in [0.1, 0.15) is 24.6 Å². The van der Waals surface area contributed by atoms with Gasteiger partial charge in [-0.25, -0.2) is 8.42 Å². The van der Waals surface area contributed by atoms with Crippen LogP contribution < -0.4 is 10.1 Å². The number of nitrogens with one attached hydrogen (secondary N) is 2. The Morgan fingerprint density at radius 3 is 2.77 bits per heavy atom. The van der Waals surface area contributed by atoms with Crippen LogP contribution in [0.4, 0.5) is 11.5 Å². The number of pyridine rings is 1. The summed E-state index contributed by atoms with van der Waals surface area (Å²) in [6.45, 7) is 6.70. The Labute approximate surface area is 175 Å². The summed E-state index contributed by atoms with van der Waals surface area (Å²) >= 11 is 0. The summed E-state index contributed by atoms with van der Waals surface area (Å²) in [5, 5.41) is 10.7. The van der Waals surface area contributed by atoms with Gasteiger partial charge >= 0.3 is 0 Å². The lowest BCUT2D eigenvalue weighted by Crippen LogP contribution is -2.36. The molecule has 0 aliphatic carbocycles. The second kappa shape index (κ2) is 7.88. The quantitative estimate of drug-likeness (QED) is 0.638. The number of H-pyrrole nitrogens is 1. The number of aromatic amines is 1. The number of aromatic nitrogens is 3. The zero-order valence-corrected chi connectivity index (χ0v) is 18.3. The summed E-state index contributed by atoms with van der Waals surface area (Å²) in [5.41, 5.74) is 3.33. The maximum atomic E-state index is 13.6. The van der Waals surface area contributed by atoms with E-state index < -0.39 is 15.1 Å². The van der Waals surface area contributed by atoms with Crippen LogP contribution in [-0.4, -0.2) is 49.2 Å². The Kier molecular flexibility index (Phi) is 5.42. The summed E-state index contributed by atoms with van der Waals surface area (Å²) in [6, 6.07) is 5.15. The molecule has 0 radical (unpaired) electrons. The van der Waals surface area contributed by atoms with Gasteiger partial charge in [-0.15, -0.1) is 0 Å². The van der Waals surface area contributed by atoms with Crippen LogP contribution in [0.5, 0.6) is 5.75 Å². The molecule has 1 aromatic carbocycles. The molecule has 0 spiro atoms. The number of ether oxygens (including phenoxy) is 2. The Morgan fingerprint density at radius 2 is 2.10 bits per heavy atom. The van der Waals surface area contributed by atoms with E-state index in [0.29, 0.717) is 42.1 Å². The molecule has 30 heavy (non-hydrogen) atoms. The van der Waals surface area contributed by atoms with Crippen molar-refractivity contribution < 1.29 is 17.9 Å². The highest BCUT2D eigenvalue weighted by Crippen LogP contribution is 2.37. The third-order valence-corrected chi connectivity index (χ3v) is 8.23. The summed E-state index contributed by atoms with van der Waals surface area (Å²) in [6.07, 6.45) is 2.14. The molecule has 9 heteroatoms. The predicted molar refractivity (Wildman–Crippen MR) is 115 cm³/mol. The lowest BCUT2D eigenvalue weighted by Gasteiger charge is -2.29. The van der Waals surface area contributed by atoms with Crippen molar-refractivity contribution in [2.45, 2.75) is 37.3 Å². The van der Waals surface area contributed by atoms with Gasteiger partial charge in [0, 0.05) is 35.5 Å². The van der Waals surface area contributed by atoms with Crippen molar-refractivity contribution in [1.82, 2.24) is 15.2 Å². The Hall–Kier alpha value is -2.65. The first-order valence-corrected chi connectivity index (χ1v) is 11.4.